The maximum absolute atomic E-state index is 11.2. The third-order valence-electron chi connectivity index (χ3n) is 26.7. The fourth-order valence-corrected chi connectivity index (χ4v) is 18.5. The number of methoxy groups -OCH3 is 8. The van der Waals surface area contributed by atoms with Crippen molar-refractivity contribution in [3.63, 3.8) is 0 Å². The van der Waals surface area contributed by atoms with E-state index in [-0.39, 0.29) is 165 Å². The van der Waals surface area contributed by atoms with Crippen molar-refractivity contribution in [3.05, 3.63) is 14.4 Å². The van der Waals surface area contributed by atoms with Gasteiger partial charge >= 0.3 is 76.4 Å². The quantitative estimate of drug-likeness (QED) is 0.0183. The van der Waals surface area contributed by atoms with Gasteiger partial charge < -0.3 is 192 Å². The molecule has 0 saturated carbocycles. The molecule has 0 aliphatic carbocycles. The monoisotopic (exact) mass is 2300 g/mol. The normalized spacial score (nSPS) is 40.0. The molecule has 0 aromatic carbocycles. The molecular formula is C91H168BrCeCl5MgO37Si+. The van der Waals surface area contributed by atoms with Gasteiger partial charge in [-0.25, -0.2) is 0 Å². The van der Waals surface area contributed by atoms with Gasteiger partial charge in [0.25, 0.3) is 0 Å². The van der Waals surface area contributed by atoms with E-state index in [1.807, 2.05) is 111 Å². The van der Waals surface area contributed by atoms with Gasteiger partial charge in [-0.2, -0.15) is 11.1 Å². The third kappa shape index (κ3) is 31.5. The summed E-state index contributed by atoms with van der Waals surface area (Å²) in [5.74, 6) is -4.94. The van der Waals surface area contributed by atoms with Gasteiger partial charge in [0.15, 0.2) is 98.0 Å². The summed E-state index contributed by atoms with van der Waals surface area (Å²) in [7, 11) is 11.4. The number of hydrogen-bond donors (Lipinski definition) is 6. The molecule has 6 N–H and O–H groups in total. The van der Waals surface area contributed by atoms with Crippen LogP contribution in [0.25, 0.3) is 0 Å². The van der Waals surface area contributed by atoms with Crippen LogP contribution in [0.4, 0.5) is 0 Å². The summed E-state index contributed by atoms with van der Waals surface area (Å²) >= 11 is 8.88. The van der Waals surface area contributed by atoms with Gasteiger partial charge in [-0.05, 0) is 159 Å². The number of ether oxygens (including phenoxy) is 29. The average Bonchev–Trinajstić information content (AvgIpc) is 1.56. The van der Waals surface area contributed by atoms with Crippen molar-refractivity contribution >= 4 is 81.5 Å². The second-order valence-corrected chi connectivity index (χ2v) is 61.4. The molecule has 0 bridgehead atoms. The van der Waals surface area contributed by atoms with Crippen LogP contribution in [-0.4, -0.2) is 383 Å². The van der Waals surface area contributed by atoms with Gasteiger partial charge in [-0.15, -0.1) is 0 Å². The molecule has 137 heavy (non-hydrogen) atoms. The Kier molecular flexibility index (Phi) is 53.3. The molecule has 31 atom stereocenters. The van der Waals surface area contributed by atoms with Crippen LogP contribution in [0, 0.1) is 50.9 Å². The summed E-state index contributed by atoms with van der Waals surface area (Å²) in [5.41, 5.74) is 9.50. The van der Waals surface area contributed by atoms with E-state index >= 15 is 0 Å². The standard InChI is InChI=1S/C13H24O5.C12H22O5.C12H21O5.2C11H20O5.C11H18O5.C10H18O6.C6H15ClSi.C4H7ClO.CH3.BrH.Ce.3ClH.Mg/c1-7-13(8(2)14-5)10(15-6)9-11(18-13)17-12(3,4)16-9;2*1-6-12(7(2)13)9(14-5)8-10(17-12)16-11(3,4)15-8;3*1-5-11(6-12)8(13-4)7-9(16-11)15-10(2,3)14-7;1-9(2)14-6-7(13-3)10(4-11,5-12)16-8(6)15-9;1-6(2,3)8(4,5)7;1-3(2)4(5)6;;;;;;;/h8-11H,7H2,1-6H3;7-10,13H,6H2,1-5H3;7-10,13H,3,6H2,1-2,4-5H3;2*7-9,12H,5-6H2,1-4H3;6-9H,5H2,1-4H3;6-8,11-12H,4-5H2,1-3H3;1-5H3;3H,1-2H3;1H3;1H;;3*1H;/q;;+1;;;;;;;-1;;+3;;;;+2/p-4/t8-,9+,10-,11-,13+;7-,8-,9+,10+,12-;7-,8+,9-,10-,11?,12+;7-,8+,9+,11+;2*7-,8+,9+,11-;6-,7+,8+;;;;;;;;;/m0101111........./s1. The summed E-state index contributed by atoms with van der Waals surface area (Å²) in [6, 6.07) is 0. The Morgan fingerprint density at radius 1 is 0.394 bits per heavy atom. The van der Waals surface area contributed by atoms with Gasteiger partial charge in [0.1, 0.15) is 126 Å². The van der Waals surface area contributed by atoms with Gasteiger partial charge in [-0.1, -0.05) is 89.3 Å². The zero-order chi connectivity index (χ0) is 103. The van der Waals surface area contributed by atoms with Gasteiger partial charge in [0, 0.05) is 69.7 Å². The van der Waals surface area contributed by atoms with Crippen molar-refractivity contribution in [1.29, 1.82) is 0 Å². The topological polar surface area (TPSA) is 423 Å². The van der Waals surface area contributed by atoms with E-state index in [1.54, 1.807) is 98.2 Å². The smallest absolute Gasteiger partial charge is 2.00 e. The first-order valence-electron chi connectivity index (χ1n) is 46.0. The summed E-state index contributed by atoms with van der Waals surface area (Å²) in [5, 5.41) is 57.6. The van der Waals surface area contributed by atoms with E-state index in [4.69, 9.17) is 177 Å². The van der Waals surface area contributed by atoms with Crippen LogP contribution in [0.5, 0.6) is 0 Å². The van der Waals surface area contributed by atoms with E-state index in [9.17, 15) is 40.2 Å². The van der Waals surface area contributed by atoms with Crippen LogP contribution in [-0.2, 0) is 147 Å². The molecule has 37 nitrogen and oxygen atoms in total. The Morgan fingerprint density at radius 3 is 0.832 bits per heavy atom. The van der Waals surface area contributed by atoms with E-state index in [0.29, 0.717) is 37.1 Å². The fraction of sp³-hybridized carbons (Fsp3) is 0.956. The van der Waals surface area contributed by atoms with Crippen molar-refractivity contribution in [1.82, 2.24) is 0 Å². The third-order valence-corrected chi connectivity index (χ3v) is 32.4. The number of carbonyl (C=O) groups excluding carboxylic acids is 2. The van der Waals surface area contributed by atoms with Gasteiger partial charge in [0.2, 0.25) is 5.24 Å². The molecule has 14 aliphatic heterocycles. The number of halogens is 6. The van der Waals surface area contributed by atoms with Crippen molar-refractivity contribution in [2.24, 2.45) is 5.92 Å². The van der Waals surface area contributed by atoms with Crippen LogP contribution >= 0.6 is 39.6 Å². The molecular weight excluding hydrogens is 2130 g/mol. The summed E-state index contributed by atoms with van der Waals surface area (Å²) in [4.78, 5) is 21.1. The number of carbonyl (C=O) groups is 2. The Morgan fingerprint density at radius 2 is 0.613 bits per heavy atom. The number of hydrogen-bond acceptors (Lipinski definition) is 37. The molecule has 0 amide bonds. The molecule has 0 spiro atoms. The second kappa shape index (κ2) is 54.1. The Bertz CT molecular complexity index is 3360. The van der Waals surface area contributed by atoms with E-state index < -0.39 is 186 Å². The number of aldehydes is 1. The molecule has 14 aliphatic rings. The minimum Gasteiger partial charge on any atom is 2.00 e. The molecule has 46 heteroatoms. The zero-order valence-electron chi connectivity index (χ0n) is 88.1. The van der Waals surface area contributed by atoms with Crippen LogP contribution in [0.3, 0.4) is 0 Å². The van der Waals surface area contributed by atoms with Crippen molar-refractivity contribution in [2.75, 3.05) is 83.3 Å². The number of aliphatic hydroxyl groups is 6. The largest absolute Gasteiger partial charge is 2.00 e. The van der Waals surface area contributed by atoms with Gasteiger partial charge in [-0.3, -0.25) is 9.53 Å². The maximum atomic E-state index is 11.2. The van der Waals surface area contributed by atoms with Crippen molar-refractivity contribution in [3.8, 4) is 0 Å². The Hall–Kier alpha value is 2.10. The number of fused-ring (bicyclic) bond motifs is 7. The number of rotatable bonds is 23. The first-order valence-corrected chi connectivity index (χ1v) is 62.2. The Labute approximate surface area is 873 Å². The van der Waals surface area contributed by atoms with Crippen molar-refractivity contribution < 1.29 is 225 Å². The van der Waals surface area contributed by atoms with E-state index in [0.717, 1.165) is 12.7 Å². The maximum Gasteiger partial charge on any atom is 2.00 e. The van der Waals surface area contributed by atoms with Crippen LogP contribution < -0.4 is 17.0 Å². The fourth-order valence-electron chi connectivity index (χ4n) is 18.5. The minimum absolute atomic E-state index is 0. The molecule has 14 saturated heterocycles. The van der Waals surface area contributed by atoms with Crippen LogP contribution in [0.1, 0.15) is 225 Å². The summed E-state index contributed by atoms with van der Waals surface area (Å²) < 4.78 is 164. The summed E-state index contributed by atoms with van der Waals surface area (Å²) in [6.45, 7) is 58.3. The first-order chi connectivity index (χ1) is 61.7. The number of aliphatic hydroxyl groups excluding tert-OH is 6. The predicted octanol–water partition coefficient (Wildman–Crippen LogP) is 8.75. The van der Waals surface area contributed by atoms with Crippen molar-refractivity contribution in [2.45, 2.75) is 471 Å². The molecule has 0 radical (unpaired) electrons. The zero-order valence-corrected chi connectivity index (χ0v) is 99.0. The predicted molar refractivity (Wildman–Crippen MR) is 503 cm³/mol. The van der Waals surface area contributed by atoms with E-state index in [1.165, 1.54) is 7.11 Å². The molecule has 0 aromatic rings. The molecule has 14 fully saturated rings. The first kappa shape index (κ1) is 135. The molecule has 805 valence electrons. The Balaban J connectivity index is 0.000000523. The molecule has 1 unspecified atom stereocenters. The molecule has 14 heterocycles. The minimum atomic E-state index is -2.24. The van der Waals surface area contributed by atoms with Crippen LogP contribution in [0.15, 0.2) is 0 Å². The average molecular weight is 2300 g/mol. The van der Waals surface area contributed by atoms with Crippen LogP contribution in [0.2, 0.25) is 18.1 Å². The molecule has 14 rings (SSSR count). The SMILES string of the molecule is CC(C)(C)[Si](C)(C)Cl.CC(C)C(=O)Cl.CC[C@@]1(CO)O[C@@H]2OC(C)(C)O[C@@H]2[C@@H]1OC.CC[C@]1(C=O)O[C@@H]2OC(C)(C)O[C@@H]2[C@@H]1OC.CC[C@]1(CO)O[C@@H]2OC(C)(C)O[C@@H]2[C@@H]1OC.CC[C@]1([C@@H](C)O)O[C@@H]2OC(C)(C)O[C@@H]2[C@@H]1OC.CC[C@]1([C@H](C)OC)O[C@@H]2OC(C)(C)O[C@@H]2[C@@H]1OC.CO[C@H]1[C@H]2OC(C)(C)O[C@H]2OC1(CO)CO.[Br-].[CH2+]C1(C)O[C@H]2O[C@](CC)([C@H](C)O)[C@@H](OC)[C@H]2O1.[CH3-].[Cl][Ce]([Cl])[Cl].[Mg+2]. The second-order valence-electron chi connectivity index (χ2n) is 39.9. The summed E-state index contributed by atoms with van der Waals surface area (Å²) in [6.07, 6.45) is -4.72. The van der Waals surface area contributed by atoms with Gasteiger partial charge in [0.05, 0.1) is 44.7 Å². The van der Waals surface area contributed by atoms with E-state index in [2.05, 4.69) is 47.7 Å². The molecule has 0 aromatic heterocycles.